The van der Waals surface area contributed by atoms with Crippen LogP contribution in [0.3, 0.4) is 0 Å². The largest absolute Gasteiger partial charge is 0.353 e. The van der Waals surface area contributed by atoms with Gasteiger partial charge in [-0.3, -0.25) is 15.1 Å². The Kier molecular flexibility index (Phi) is 3.93. The fourth-order valence-electron chi connectivity index (χ4n) is 4.22. The van der Waals surface area contributed by atoms with Crippen molar-refractivity contribution >= 4 is 21.8 Å². The van der Waals surface area contributed by atoms with Gasteiger partial charge in [0.15, 0.2) is 0 Å². The number of H-pyrrole nitrogens is 2. The van der Waals surface area contributed by atoms with E-state index >= 15 is 0 Å². The van der Waals surface area contributed by atoms with Gasteiger partial charge in [0.1, 0.15) is 5.69 Å². The lowest BCUT2D eigenvalue weighted by atomic mass is 10.0. The maximum absolute atomic E-state index is 4.64. The number of aromatic nitrogens is 5. The molecule has 0 amide bonds. The molecule has 0 radical (unpaired) electrons. The summed E-state index contributed by atoms with van der Waals surface area (Å²) in [5.41, 5.74) is 9.78. The third-order valence-electron chi connectivity index (χ3n) is 5.82. The van der Waals surface area contributed by atoms with Gasteiger partial charge in [-0.2, -0.15) is 5.10 Å². The quantitative estimate of drug-likeness (QED) is 0.374. The van der Waals surface area contributed by atoms with Gasteiger partial charge in [-0.1, -0.05) is 18.2 Å². The lowest BCUT2D eigenvalue weighted by Crippen LogP contribution is -1.85. The Morgan fingerprint density at radius 1 is 0.710 bits per heavy atom. The van der Waals surface area contributed by atoms with Gasteiger partial charge in [-0.25, -0.2) is 0 Å². The van der Waals surface area contributed by atoms with Crippen LogP contribution < -0.4 is 0 Å². The standard InChI is InChI=1S/C26H19N5/c1-16-7-10-28-15-22(16)18-5-6-24-21(13-18)26(31-30-24)25-14-20-19(3-2-4-23(20)29-25)17-8-11-27-12-9-17/h2-15,29H,1H3,(H,30,31). The number of nitrogens with one attached hydrogen (secondary N) is 2. The van der Waals surface area contributed by atoms with Gasteiger partial charge in [0.2, 0.25) is 0 Å². The number of pyridine rings is 2. The van der Waals surface area contributed by atoms with Crippen molar-refractivity contribution in [1.29, 1.82) is 0 Å². The van der Waals surface area contributed by atoms with Crippen LogP contribution in [0.15, 0.2) is 85.5 Å². The summed E-state index contributed by atoms with van der Waals surface area (Å²) in [6.07, 6.45) is 7.39. The second-order valence-corrected chi connectivity index (χ2v) is 7.71. The number of hydrogen-bond donors (Lipinski definition) is 2. The average Bonchev–Trinajstić information content (AvgIpc) is 3.43. The molecule has 0 saturated carbocycles. The Balaban J connectivity index is 1.52. The maximum atomic E-state index is 4.64. The van der Waals surface area contributed by atoms with Crippen molar-refractivity contribution in [2.24, 2.45) is 0 Å². The summed E-state index contributed by atoms with van der Waals surface area (Å²) in [6, 6.07) is 21.0. The maximum Gasteiger partial charge on any atom is 0.116 e. The average molecular weight is 401 g/mol. The zero-order chi connectivity index (χ0) is 20.8. The number of rotatable bonds is 3. The summed E-state index contributed by atoms with van der Waals surface area (Å²) < 4.78 is 0. The second kappa shape index (κ2) is 6.92. The third-order valence-corrected chi connectivity index (χ3v) is 5.82. The van der Waals surface area contributed by atoms with E-state index in [1.807, 2.05) is 43.0 Å². The number of hydrogen-bond acceptors (Lipinski definition) is 3. The highest BCUT2D eigenvalue weighted by molar-refractivity contribution is 6.01. The Bertz CT molecular complexity index is 1540. The molecule has 0 atom stereocenters. The highest BCUT2D eigenvalue weighted by Crippen LogP contribution is 2.35. The fourth-order valence-corrected chi connectivity index (χ4v) is 4.22. The molecule has 4 aromatic heterocycles. The smallest absolute Gasteiger partial charge is 0.116 e. The van der Waals surface area contributed by atoms with Crippen LogP contribution in [0.4, 0.5) is 0 Å². The van der Waals surface area contributed by atoms with Crippen LogP contribution in [0.1, 0.15) is 5.56 Å². The van der Waals surface area contributed by atoms with Crippen molar-refractivity contribution in [3.63, 3.8) is 0 Å². The van der Waals surface area contributed by atoms with Crippen molar-refractivity contribution in [2.45, 2.75) is 6.92 Å². The summed E-state index contributed by atoms with van der Waals surface area (Å²) in [7, 11) is 0. The first-order valence-electron chi connectivity index (χ1n) is 10.2. The first kappa shape index (κ1) is 17.6. The second-order valence-electron chi connectivity index (χ2n) is 7.71. The summed E-state index contributed by atoms with van der Waals surface area (Å²) >= 11 is 0. The number of nitrogens with zero attached hydrogens (tertiary/aromatic N) is 3. The van der Waals surface area contributed by atoms with E-state index in [0.29, 0.717) is 0 Å². The third kappa shape index (κ3) is 2.90. The van der Waals surface area contributed by atoms with Crippen LogP contribution >= 0.6 is 0 Å². The Labute approximate surface area is 178 Å². The van der Waals surface area contributed by atoms with Gasteiger partial charge in [-0.15, -0.1) is 0 Å². The lowest BCUT2D eigenvalue weighted by molar-refractivity contribution is 1.12. The number of benzene rings is 2. The summed E-state index contributed by atoms with van der Waals surface area (Å²) in [5, 5.41) is 10.1. The molecule has 0 aliphatic heterocycles. The van der Waals surface area contributed by atoms with Crippen LogP contribution in [0.25, 0.3) is 55.4 Å². The van der Waals surface area contributed by atoms with E-state index in [9.17, 15) is 0 Å². The van der Waals surface area contributed by atoms with Gasteiger partial charge >= 0.3 is 0 Å². The molecule has 0 unspecified atom stereocenters. The Morgan fingerprint density at radius 2 is 1.58 bits per heavy atom. The molecule has 0 spiro atoms. The van der Waals surface area contributed by atoms with Crippen LogP contribution in [0, 0.1) is 6.92 Å². The minimum Gasteiger partial charge on any atom is -0.353 e. The summed E-state index contributed by atoms with van der Waals surface area (Å²) in [5.74, 6) is 0. The van der Waals surface area contributed by atoms with E-state index in [0.717, 1.165) is 44.5 Å². The normalized spacial score (nSPS) is 11.4. The highest BCUT2D eigenvalue weighted by Gasteiger charge is 2.14. The van der Waals surface area contributed by atoms with E-state index < -0.39 is 0 Å². The molecule has 31 heavy (non-hydrogen) atoms. The van der Waals surface area contributed by atoms with Crippen LogP contribution in [0.5, 0.6) is 0 Å². The predicted octanol–water partition coefficient (Wildman–Crippen LogP) is 6.14. The molecule has 148 valence electrons. The van der Waals surface area contributed by atoms with Crippen molar-refractivity contribution in [2.75, 3.05) is 0 Å². The molecular weight excluding hydrogens is 382 g/mol. The van der Waals surface area contributed by atoms with E-state index in [-0.39, 0.29) is 0 Å². The van der Waals surface area contributed by atoms with Gasteiger partial charge in [0.25, 0.3) is 0 Å². The lowest BCUT2D eigenvalue weighted by Gasteiger charge is -2.05. The zero-order valence-electron chi connectivity index (χ0n) is 16.9. The monoisotopic (exact) mass is 401 g/mol. The van der Waals surface area contributed by atoms with Crippen molar-refractivity contribution in [3.8, 4) is 33.6 Å². The highest BCUT2D eigenvalue weighted by atomic mass is 15.1. The van der Waals surface area contributed by atoms with Gasteiger partial charge < -0.3 is 4.98 Å². The summed E-state index contributed by atoms with van der Waals surface area (Å²) in [6.45, 7) is 2.11. The van der Waals surface area contributed by atoms with Crippen molar-refractivity contribution < 1.29 is 0 Å². The minimum atomic E-state index is 0.912. The molecule has 0 bridgehead atoms. The minimum absolute atomic E-state index is 0.912. The van der Waals surface area contributed by atoms with E-state index in [4.69, 9.17) is 0 Å². The van der Waals surface area contributed by atoms with E-state index in [1.54, 1.807) is 0 Å². The SMILES string of the molecule is Cc1ccncc1-c1ccc2[nH]nc(-c3cc4c(-c5ccncc5)cccc4[nH]3)c2c1. The molecule has 0 saturated heterocycles. The number of aromatic amines is 2. The van der Waals surface area contributed by atoms with Crippen LogP contribution in [-0.4, -0.2) is 25.1 Å². The zero-order valence-corrected chi connectivity index (χ0v) is 16.9. The molecule has 0 aliphatic rings. The molecule has 2 N–H and O–H groups in total. The molecular formula is C26H19N5. The first-order chi connectivity index (χ1) is 15.3. The van der Waals surface area contributed by atoms with E-state index in [2.05, 4.69) is 74.5 Å². The van der Waals surface area contributed by atoms with E-state index in [1.165, 1.54) is 16.5 Å². The molecule has 5 heteroatoms. The van der Waals surface area contributed by atoms with Crippen molar-refractivity contribution in [3.05, 3.63) is 91.0 Å². The summed E-state index contributed by atoms with van der Waals surface area (Å²) in [4.78, 5) is 12.0. The molecule has 4 heterocycles. The molecule has 6 rings (SSSR count). The number of aryl methyl sites for hydroxylation is 1. The predicted molar refractivity (Wildman–Crippen MR) is 125 cm³/mol. The van der Waals surface area contributed by atoms with Gasteiger partial charge in [0.05, 0.1) is 11.2 Å². The van der Waals surface area contributed by atoms with Crippen LogP contribution in [-0.2, 0) is 0 Å². The Hall–Kier alpha value is -4.25. The first-order valence-corrected chi connectivity index (χ1v) is 10.2. The molecule has 6 aromatic rings. The van der Waals surface area contributed by atoms with Gasteiger partial charge in [-0.05, 0) is 71.6 Å². The topological polar surface area (TPSA) is 70.2 Å². The molecule has 5 nitrogen and oxygen atoms in total. The number of fused-ring (bicyclic) bond motifs is 2. The molecule has 0 fully saturated rings. The van der Waals surface area contributed by atoms with Crippen LogP contribution in [0.2, 0.25) is 0 Å². The molecule has 2 aromatic carbocycles. The Morgan fingerprint density at radius 3 is 2.45 bits per heavy atom. The fraction of sp³-hybridized carbons (Fsp3) is 0.0385. The van der Waals surface area contributed by atoms with Crippen molar-refractivity contribution in [1.82, 2.24) is 25.1 Å². The molecule has 0 aliphatic carbocycles. The van der Waals surface area contributed by atoms with Gasteiger partial charge in [0, 0.05) is 46.6 Å².